The third kappa shape index (κ3) is 3.25. The van der Waals surface area contributed by atoms with E-state index in [1.165, 1.54) is 16.7 Å². The van der Waals surface area contributed by atoms with Gasteiger partial charge < -0.3 is 15.2 Å². The topological polar surface area (TPSA) is 47.7 Å². The van der Waals surface area contributed by atoms with Crippen molar-refractivity contribution in [2.75, 3.05) is 20.8 Å². The van der Waals surface area contributed by atoms with Gasteiger partial charge in [0.2, 0.25) is 0 Å². The molecule has 1 heterocycles. The highest BCUT2D eigenvalue weighted by molar-refractivity contribution is 5.49. The minimum absolute atomic E-state index is 0.0332. The summed E-state index contributed by atoms with van der Waals surface area (Å²) in [7, 11) is 3.35. The maximum atomic E-state index is 6.37. The second-order valence-electron chi connectivity index (χ2n) is 6.42. The van der Waals surface area contributed by atoms with Crippen molar-refractivity contribution in [3.05, 3.63) is 59.2 Å². The van der Waals surface area contributed by atoms with Crippen LogP contribution >= 0.6 is 0 Å². The molecule has 0 fully saturated rings. The molecule has 0 aromatic heterocycles. The summed E-state index contributed by atoms with van der Waals surface area (Å²) in [5.41, 5.74) is 10.2. The minimum atomic E-state index is 0.0332. The molecule has 0 aliphatic carbocycles. The molecule has 4 heteroatoms. The Bertz CT molecular complexity index is 686. The van der Waals surface area contributed by atoms with Gasteiger partial charge in [0.05, 0.1) is 20.3 Å². The van der Waals surface area contributed by atoms with E-state index in [1.54, 1.807) is 14.2 Å². The lowest BCUT2D eigenvalue weighted by atomic mass is 9.88. The van der Waals surface area contributed by atoms with Crippen molar-refractivity contribution in [1.82, 2.24) is 4.90 Å². The third-order valence-electron chi connectivity index (χ3n) is 4.75. The highest BCUT2D eigenvalue weighted by Crippen LogP contribution is 2.39. The van der Waals surface area contributed by atoms with Crippen LogP contribution < -0.4 is 15.2 Å². The van der Waals surface area contributed by atoms with E-state index in [0.717, 1.165) is 31.0 Å². The van der Waals surface area contributed by atoms with Crippen LogP contribution in [0.2, 0.25) is 0 Å². The first kappa shape index (κ1) is 16.8. The van der Waals surface area contributed by atoms with Gasteiger partial charge in [0.15, 0.2) is 11.5 Å². The fourth-order valence-corrected chi connectivity index (χ4v) is 3.64. The summed E-state index contributed by atoms with van der Waals surface area (Å²) in [5.74, 6) is 1.56. The van der Waals surface area contributed by atoms with Gasteiger partial charge in [-0.25, -0.2) is 0 Å². The first-order chi connectivity index (χ1) is 11.6. The van der Waals surface area contributed by atoms with E-state index in [4.69, 9.17) is 15.2 Å². The first-order valence-corrected chi connectivity index (χ1v) is 8.42. The van der Waals surface area contributed by atoms with E-state index in [9.17, 15) is 0 Å². The lowest BCUT2D eigenvalue weighted by Gasteiger charge is -2.40. The summed E-state index contributed by atoms with van der Waals surface area (Å²) < 4.78 is 11.0. The van der Waals surface area contributed by atoms with E-state index in [2.05, 4.69) is 54.3 Å². The normalized spacial score (nSPS) is 18.8. The first-order valence-electron chi connectivity index (χ1n) is 8.42. The standard InChI is InChI=1S/C20H26N2O2/c1-14(21)20-17-12-19(24-3)18(23-2)11-16(17)9-10-22(20)13-15-7-5-4-6-8-15/h4-8,11-12,14,20H,9-10,13,21H2,1-3H3/t14-,20+/m1/s1. The van der Waals surface area contributed by atoms with E-state index in [1.807, 2.05) is 0 Å². The summed E-state index contributed by atoms with van der Waals surface area (Å²) in [6.07, 6.45) is 0.992. The van der Waals surface area contributed by atoms with Gasteiger partial charge in [0.25, 0.3) is 0 Å². The molecule has 1 aliphatic heterocycles. The number of ether oxygens (including phenoxy) is 2. The van der Waals surface area contributed by atoms with Gasteiger partial charge in [-0.15, -0.1) is 0 Å². The Balaban J connectivity index is 1.96. The molecule has 0 amide bonds. The zero-order chi connectivity index (χ0) is 17.1. The monoisotopic (exact) mass is 326 g/mol. The number of nitrogens with two attached hydrogens (primary N) is 1. The molecule has 3 rings (SSSR count). The predicted molar refractivity (Wildman–Crippen MR) is 96.5 cm³/mol. The zero-order valence-corrected chi connectivity index (χ0v) is 14.7. The van der Waals surface area contributed by atoms with Crippen LogP contribution in [0.25, 0.3) is 0 Å². The molecule has 128 valence electrons. The molecule has 2 N–H and O–H groups in total. The molecule has 0 bridgehead atoms. The van der Waals surface area contributed by atoms with Crippen LogP contribution in [0.4, 0.5) is 0 Å². The molecule has 1 aliphatic rings. The second-order valence-corrected chi connectivity index (χ2v) is 6.42. The summed E-state index contributed by atoms with van der Waals surface area (Å²) in [5, 5.41) is 0. The summed E-state index contributed by atoms with van der Waals surface area (Å²) in [6, 6.07) is 15.0. The van der Waals surface area contributed by atoms with Crippen LogP contribution in [-0.4, -0.2) is 31.7 Å². The number of rotatable bonds is 5. The third-order valence-corrected chi connectivity index (χ3v) is 4.75. The Labute approximate surface area is 144 Å². The molecule has 2 aromatic carbocycles. The fraction of sp³-hybridized carbons (Fsp3) is 0.400. The molecule has 2 atom stereocenters. The van der Waals surface area contributed by atoms with Crippen molar-refractivity contribution >= 4 is 0 Å². The lowest BCUT2D eigenvalue weighted by molar-refractivity contribution is 0.155. The Hall–Kier alpha value is -2.04. The maximum absolute atomic E-state index is 6.37. The highest BCUT2D eigenvalue weighted by Gasteiger charge is 2.31. The molecule has 0 saturated heterocycles. The molecule has 0 radical (unpaired) electrons. The number of nitrogens with zero attached hydrogens (tertiary/aromatic N) is 1. The van der Waals surface area contributed by atoms with Crippen molar-refractivity contribution in [2.24, 2.45) is 5.73 Å². The van der Waals surface area contributed by atoms with Crippen LogP contribution in [0.3, 0.4) is 0 Å². The van der Waals surface area contributed by atoms with Crippen LogP contribution in [-0.2, 0) is 13.0 Å². The van der Waals surface area contributed by atoms with Gasteiger partial charge in [-0.3, -0.25) is 4.90 Å². The van der Waals surface area contributed by atoms with Crippen LogP contribution in [0.1, 0.15) is 29.7 Å². The Kier molecular flexibility index (Phi) is 5.07. The second kappa shape index (κ2) is 7.24. The van der Waals surface area contributed by atoms with Crippen molar-refractivity contribution in [3.8, 4) is 11.5 Å². The van der Waals surface area contributed by atoms with Gasteiger partial charge in [-0.05, 0) is 42.2 Å². The predicted octanol–water partition coefficient (Wildman–Crippen LogP) is 3.15. The molecule has 0 saturated carbocycles. The molecule has 24 heavy (non-hydrogen) atoms. The molecule has 4 nitrogen and oxygen atoms in total. The van der Waals surface area contributed by atoms with Gasteiger partial charge in [-0.2, -0.15) is 0 Å². The van der Waals surface area contributed by atoms with Crippen LogP contribution in [0.15, 0.2) is 42.5 Å². The number of fused-ring (bicyclic) bond motifs is 1. The van der Waals surface area contributed by atoms with Gasteiger partial charge in [0, 0.05) is 19.1 Å². The van der Waals surface area contributed by atoms with Crippen molar-refractivity contribution < 1.29 is 9.47 Å². The van der Waals surface area contributed by atoms with Gasteiger partial charge >= 0.3 is 0 Å². The van der Waals surface area contributed by atoms with Gasteiger partial charge in [-0.1, -0.05) is 30.3 Å². The van der Waals surface area contributed by atoms with E-state index >= 15 is 0 Å². The van der Waals surface area contributed by atoms with E-state index < -0.39 is 0 Å². The van der Waals surface area contributed by atoms with Gasteiger partial charge in [0.1, 0.15) is 0 Å². The summed E-state index contributed by atoms with van der Waals surface area (Å²) in [6.45, 7) is 3.97. The smallest absolute Gasteiger partial charge is 0.161 e. The van der Waals surface area contributed by atoms with E-state index in [-0.39, 0.29) is 12.1 Å². The maximum Gasteiger partial charge on any atom is 0.161 e. The van der Waals surface area contributed by atoms with Crippen LogP contribution in [0, 0.1) is 0 Å². The van der Waals surface area contributed by atoms with Crippen molar-refractivity contribution in [3.63, 3.8) is 0 Å². The van der Waals surface area contributed by atoms with Crippen molar-refractivity contribution in [1.29, 1.82) is 0 Å². The van der Waals surface area contributed by atoms with Crippen LogP contribution in [0.5, 0.6) is 11.5 Å². The lowest BCUT2D eigenvalue weighted by Crippen LogP contribution is -2.43. The Morgan fingerprint density at radius 2 is 1.79 bits per heavy atom. The molecular weight excluding hydrogens is 300 g/mol. The fourth-order valence-electron chi connectivity index (χ4n) is 3.64. The number of methoxy groups -OCH3 is 2. The largest absolute Gasteiger partial charge is 0.493 e. The summed E-state index contributed by atoms with van der Waals surface area (Å²) >= 11 is 0. The minimum Gasteiger partial charge on any atom is -0.493 e. The average Bonchev–Trinajstić information content (AvgIpc) is 2.60. The highest BCUT2D eigenvalue weighted by atomic mass is 16.5. The Morgan fingerprint density at radius 1 is 1.12 bits per heavy atom. The number of benzene rings is 2. The number of hydrogen-bond acceptors (Lipinski definition) is 4. The van der Waals surface area contributed by atoms with Crippen molar-refractivity contribution in [2.45, 2.75) is 32.0 Å². The molecule has 2 aromatic rings. The molecule has 0 unspecified atom stereocenters. The molecular formula is C20H26N2O2. The Morgan fingerprint density at radius 3 is 2.42 bits per heavy atom. The summed E-state index contributed by atoms with van der Waals surface area (Å²) in [4.78, 5) is 2.47. The SMILES string of the molecule is COc1cc2c(cc1OC)[C@H]([C@@H](C)N)N(Cc1ccccc1)CC2. The van der Waals surface area contributed by atoms with E-state index in [0.29, 0.717) is 0 Å². The zero-order valence-electron chi connectivity index (χ0n) is 14.7. The quantitative estimate of drug-likeness (QED) is 0.917. The molecule has 0 spiro atoms. The number of hydrogen-bond donors (Lipinski definition) is 1. The average molecular weight is 326 g/mol.